The normalized spacial score (nSPS) is 9.89. The first-order valence-corrected chi connectivity index (χ1v) is 6.49. The number of hydrogen-bond donors (Lipinski definition) is 0. The van der Waals surface area contributed by atoms with Gasteiger partial charge in [0.05, 0.1) is 11.6 Å². The second-order valence-corrected chi connectivity index (χ2v) is 4.98. The van der Waals surface area contributed by atoms with Crippen LogP contribution in [0.15, 0.2) is 22.7 Å². The Morgan fingerprint density at radius 3 is 2.68 bits per heavy atom. The Morgan fingerprint density at radius 2 is 2.11 bits per heavy atom. The largest absolute Gasteiger partial charge is 0.483 e. The third-order valence-corrected chi connectivity index (χ3v) is 3.12. The van der Waals surface area contributed by atoms with Crippen LogP contribution in [-0.2, 0) is 14.3 Å². The van der Waals surface area contributed by atoms with E-state index in [2.05, 4.69) is 20.7 Å². The van der Waals surface area contributed by atoms with Crippen LogP contribution in [0.2, 0.25) is 5.02 Å². The molecule has 7 heteroatoms. The van der Waals surface area contributed by atoms with Gasteiger partial charge in [-0.05, 0) is 34.1 Å². The smallest absolute Gasteiger partial charge is 0.325 e. The highest BCUT2D eigenvalue weighted by Gasteiger charge is 2.14. The average molecular weight is 351 g/mol. The van der Waals surface area contributed by atoms with Gasteiger partial charge in [0.2, 0.25) is 0 Å². The molecule has 1 aromatic carbocycles. The highest BCUT2D eigenvalue weighted by molar-refractivity contribution is 9.10. The molecule has 19 heavy (non-hydrogen) atoms. The minimum absolute atomic E-state index is 0.111. The number of methoxy groups -OCH3 is 1. The van der Waals surface area contributed by atoms with Gasteiger partial charge in [0, 0.05) is 12.1 Å². The second kappa shape index (κ2) is 7.35. The molecule has 0 radical (unpaired) electrons. The molecular weight excluding hydrogens is 337 g/mol. The van der Waals surface area contributed by atoms with E-state index in [1.54, 1.807) is 18.2 Å². The molecule has 0 aliphatic heterocycles. The van der Waals surface area contributed by atoms with Gasteiger partial charge in [0.1, 0.15) is 12.3 Å². The number of halogens is 2. The van der Waals surface area contributed by atoms with E-state index in [1.807, 2.05) is 0 Å². The van der Waals surface area contributed by atoms with Crippen molar-refractivity contribution in [1.82, 2.24) is 4.90 Å². The number of carbonyl (C=O) groups is 2. The maximum Gasteiger partial charge on any atom is 0.325 e. The summed E-state index contributed by atoms with van der Waals surface area (Å²) in [6, 6.07) is 4.98. The number of amides is 1. The van der Waals surface area contributed by atoms with Crippen LogP contribution >= 0.6 is 27.5 Å². The molecule has 0 aliphatic rings. The van der Waals surface area contributed by atoms with Gasteiger partial charge in [-0.3, -0.25) is 9.59 Å². The fraction of sp³-hybridized carbons (Fsp3) is 0.333. The molecule has 1 aromatic rings. The monoisotopic (exact) mass is 349 g/mol. The van der Waals surface area contributed by atoms with Crippen molar-refractivity contribution in [1.29, 1.82) is 0 Å². The molecule has 0 aromatic heterocycles. The van der Waals surface area contributed by atoms with Gasteiger partial charge in [-0.2, -0.15) is 0 Å². The van der Waals surface area contributed by atoms with E-state index in [1.165, 1.54) is 19.1 Å². The standard InChI is InChI=1S/C12H13BrClNO4/c1-15(6-12(17)18-2)11(16)7-19-10-4-3-8(14)5-9(10)13/h3-5H,6-7H2,1-2H3. The summed E-state index contributed by atoms with van der Waals surface area (Å²) < 4.78 is 10.5. The van der Waals surface area contributed by atoms with E-state index in [4.69, 9.17) is 16.3 Å². The number of esters is 1. The second-order valence-electron chi connectivity index (χ2n) is 3.69. The van der Waals surface area contributed by atoms with Crippen molar-refractivity contribution >= 4 is 39.4 Å². The number of likely N-dealkylation sites (N-methyl/N-ethyl adjacent to an activating group) is 1. The van der Waals surface area contributed by atoms with Gasteiger partial charge in [0.15, 0.2) is 6.61 Å². The third kappa shape index (κ3) is 5.08. The van der Waals surface area contributed by atoms with Crippen LogP contribution in [0.3, 0.4) is 0 Å². The fourth-order valence-electron chi connectivity index (χ4n) is 1.19. The maximum absolute atomic E-state index is 11.7. The molecular formula is C12H13BrClNO4. The van der Waals surface area contributed by atoms with Crippen LogP contribution in [0, 0.1) is 0 Å². The minimum Gasteiger partial charge on any atom is -0.483 e. The van der Waals surface area contributed by atoms with Crippen LogP contribution in [0.4, 0.5) is 0 Å². The number of nitrogens with zero attached hydrogens (tertiary/aromatic N) is 1. The van der Waals surface area contributed by atoms with E-state index in [-0.39, 0.29) is 19.1 Å². The van der Waals surface area contributed by atoms with Gasteiger partial charge in [0.25, 0.3) is 5.91 Å². The highest BCUT2D eigenvalue weighted by Crippen LogP contribution is 2.27. The lowest BCUT2D eigenvalue weighted by atomic mass is 10.3. The maximum atomic E-state index is 11.7. The van der Waals surface area contributed by atoms with Crippen LogP contribution in [0.1, 0.15) is 0 Å². The molecule has 0 fully saturated rings. The van der Waals surface area contributed by atoms with Crippen LogP contribution in [-0.4, -0.2) is 44.1 Å². The summed E-state index contributed by atoms with van der Waals surface area (Å²) in [5.41, 5.74) is 0. The highest BCUT2D eigenvalue weighted by atomic mass is 79.9. The van der Waals surface area contributed by atoms with E-state index >= 15 is 0 Å². The molecule has 0 spiro atoms. The molecule has 5 nitrogen and oxygen atoms in total. The van der Waals surface area contributed by atoms with Gasteiger partial charge < -0.3 is 14.4 Å². The third-order valence-electron chi connectivity index (χ3n) is 2.26. The Balaban J connectivity index is 2.52. The Bertz CT molecular complexity index is 481. The Labute approximate surface area is 124 Å². The fourth-order valence-corrected chi connectivity index (χ4v) is 1.99. The lowest BCUT2D eigenvalue weighted by molar-refractivity contribution is -0.146. The quantitative estimate of drug-likeness (QED) is 0.763. The zero-order valence-electron chi connectivity index (χ0n) is 10.5. The molecule has 0 aliphatic carbocycles. The Hall–Kier alpha value is -1.27. The molecule has 0 saturated carbocycles. The van der Waals surface area contributed by atoms with Crippen molar-refractivity contribution in [3.05, 3.63) is 27.7 Å². The summed E-state index contributed by atoms with van der Waals surface area (Å²) in [4.78, 5) is 23.9. The molecule has 0 heterocycles. The summed E-state index contributed by atoms with van der Waals surface area (Å²) in [7, 11) is 2.77. The van der Waals surface area contributed by atoms with Gasteiger partial charge in [-0.15, -0.1) is 0 Å². The lowest BCUT2D eigenvalue weighted by Gasteiger charge is -2.16. The van der Waals surface area contributed by atoms with Crippen molar-refractivity contribution in [3.63, 3.8) is 0 Å². The topological polar surface area (TPSA) is 55.8 Å². The Morgan fingerprint density at radius 1 is 1.42 bits per heavy atom. The number of rotatable bonds is 5. The SMILES string of the molecule is COC(=O)CN(C)C(=O)COc1ccc(Cl)cc1Br. The van der Waals surface area contributed by atoms with Crippen molar-refractivity contribution in [3.8, 4) is 5.75 Å². The molecule has 0 atom stereocenters. The number of benzene rings is 1. The van der Waals surface area contributed by atoms with Crippen molar-refractivity contribution < 1.29 is 19.1 Å². The van der Waals surface area contributed by atoms with Crippen LogP contribution in [0.25, 0.3) is 0 Å². The zero-order valence-corrected chi connectivity index (χ0v) is 12.8. The molecule has 1 amide bonds. The summed E-state index contributed by atoms with van der Waals surface area (Å²) in [6.07, 6.45) is 0. The van der Waals surface area contributed by atoms with Crippen LogP contribution in [0.5, 0.6) is 5.75 Å². The summed E-state index contributed by atoms with van der Waals surface area (Å²) in [5, 5.41) is 0.563. The predicted molar refractivity (Wildman–Crippen MR) is 74.3 cm³/mol. The average Bonchev–Trinajstić information content (AvgIpc) is 2.37. The molecule has 0 bridgehead atoms. The number of hydrogen-bond acceptors (Lipinski definition) is 4. The summed E-state index contributed by atoms with van der Waals surface area (Å²) >= 11 is 9.07. The van der Waals surface area contributed by atoms with E-state index in [0.29, 0.717) is 15.2 Å². The van der Waals surface area contributed by atoms with Crippen molar-refractivity contribution in [2.75, 3.05) is 27.3 Å². The lowest BCUT2D eigenvalue weighted by Crippen LogP contribution is -2.35. The molecule has 104 valence electrons. The van der Waals surface area contributed by atoms with Crippen molar-refractivity contribution in [2.24, 2.45) is 0 Å². The number of carbonyl (C=O) groups excluding carboxylic acids is 2. The van der Waals surface area contributed by atoms with Gasteiger partial charge in [-0.25, -0.2) is 0 Å². The first-order valence-electron chi connectivity index (χ1n) is 5.32. The predicted octanol–water partition coefficient (Wildman–Crippen LogP) is 2.11. The van der Waals surface area contributed by atoms with E-state index < -0.39 is 5.97 Å². The van der Waals surface area contributed by atoms with Gasteiger partial charge >= 0.3 is 5.97 Å². The van der Waals surface area contributed by atoms with Crippen LogP contribution < -0.4 is 4.74 Å². The molecule has 0 saturated heterocycles. The number of ether oxygens (including phenoxy) is 2. The van der Waals surface area contributed by atoms with Gasteiger partial charge in [-0.1, -0.05) is 11.6 Å². The first kappa shape index (κ1) is 15.8. The van der Waals surface area contributed by atoms with E-state index in [9.17, 15) is 9.59 Å². The Kier molecular flexibility index (Phi) is 6.11. The molecule has 1 rings (SSSR count). The summed E-state index contributed by atoms with van der Waals surface area (Å²) in [5.74, 6) is -0.306. The van der Waals surface area contributed by atoms with E-state index in [0.717, 1.165) is 0 Å². The first-order chi connectivity index (χ1) is 8.93. The zero-order chi connectivity index (χ0) is 14.4. The van der Waals surface area contributed by atoms with Crippen molar-refractivity contribution in [2.45, 2.75) is 0 Å². The summed E-state index contributed by atoms with van der Waals surface area (Å²) in [6.45, 7) is -0.284. The molecule has 0 unspecified atom stereocenters. The molecule has 0 N–H and O–H groups in total. The minimum atomic E-state index is -0.483.